The summed E-state index contributed by atoms with van der Waals surface area (Å²) in [6.07, 6.45) is -1.45. The third kappa shape index (κ3) is 1.75. The smallest absolute Gasteiger partial charge is 0.0989 e. The summed E-state index contributed by atoms with van der Waals surface area (Å²) in [7, 11) is 0. The molecule has 1 heterocycles. The fourth-order valence-corrected chi connectivity index (χ4v) is 1.50. The van der Waals surface area contributed by atoms with Gasteiger partial charge >= 0.3 is 0 Å². The highest BCUT2D eigenvalue weighted by Gasteiger charge is 2.39. The lowest BCUT2D eigenvalue weighted by molar-refractivity contribution is 0.0172. The highest BCUT2D eigenvalue weighted by molar-refractivity contribution is 4.97. The Bertz CT molecular complexity index is 143. The molecule has 72 valence electrons. The number of aliphatic hydroxyl groups excluding tert-OH is 4. The average molecular weight is 177 g/mol. The third-order valence-corrected chi connectivity index (χ3v) is 2.24. The van der Waals surface area contributed by atoms with Gasteiger partial charge in [-0.05, 0) is 6.42 Å². The summed E-state index contributed by atoms with van der Waals surface area (Å²) in [6.45, 7) is -0.250. The second-order valence-electron chi connectivity index (χ2n) is 3.06. The van der Waals surface area contributed by atoms with Crippen molar-refractivity contribution in [1.82, 2.24) is 5.32 Å². The number of aliphatic hydroxyl groups is 4. The van der Waals surface area contributed by atoms with E-state index in [0.29, 0.717) is 6.42 Å². The molecule has 0 bridgehead atoms. The van der Waals surface area contributed by atoms with E-state index in [0.717, 1.165) is 0 Å². The highest BCUT2D eigenvalue weighted by atomic mass is 16.3. The van der Waals surface area contributed by atoms with Crippen LogP contribution in [0.4, 0.5) is 0 Å². The van der Waals surface area contributed by atoms with E-state index in [9.17, 15) is 10.2 Å². The normalized spacial score (nSPS) is 42.0. The van der Waals surface area contributed by atoms with Crippen molar-refractivity contribution in [2.45, 2.75) is 30.7 Å². The summed E-state index contributed by atoms with van der Waals surface area (Å²) in [6, 6.07) is -0.793. The van der Waals surface area contributed by atoms with Crippen LogP contribution in [0.15, 0.2) is 0 Å². The molecule has 0 saturated carbocycles. The molecular weight excluding hydrogens is 162 g/mol. The van der Waals surface area contributed by atoms with Gasteiger partial charge in [-0.25, -0.2) is 0 Å². The van der Waals surface area contributed by atoms with Gasteiger partial charge in [0, 0.05) is 12.6 Å². The standard InChI is InChI=1S/C7H15NO4/c9-2-1-4-6(11)7(12)5(3-10)8-4/h4-12H,1-3H2/t4-,5+,6?,7+/m1/s1. The number of rotatable bonds is 3. The van der Waals surface area contributed by atoms with Crippen LogP contribution < -0.4 is 5.32 Å². The maximum atomic E-state index is 9.36. The van der Waals surface area contributed by atoms with Crippen LogP contribution in [0.2, 0.25) is 0 Å². The first-order valence-corrected chi connectivity index (χ1v) is 4.04. The van der Waals surface area contributed by atoms with Crippen LogP contribution in [0, 0.1) is 0 Å². The van der Waals surface area contributed by atoms with Gasteiger partial charge < -0.3 is 25.7 Å². The molecular formula is C7H15NO4. The summed E-state index contributed by atoms with van der Waals surface area (Å²) >= 11 is 0. The van der Waals surface area contributed by atoms with Crippen LogP contribution in [0.3, 0.4) is 0 Å². The van der Waals surface area contributed by atoms with Crippen molar-refractivity contribution in [2.75, 3.05) is 13.2 Å². The molecule has 1 saturated heterocycles. The Morgan fingerprint density at radius 3 is 2.00 bits per heavy atom. The molecule has 1 unspecified atom stereocenters. The van der Waals surface area contributed by atoms with Gasteiger partial charge in [-0.3, -0.25) is 0 Å². The second kappa shape index (κ2) is 4.15. The molecule has 5 heteroatoms. The maximum absolute atomic E-state index is 9.36. The molecule has 5 nitrogen and oxygen atoms in total. The third-order valence-electron chi connectivity index (χ3n) is 2.24. The van der Waals surface area contributed by atoms with Crippen molar-refractivity contribution >= 4 is 0 Å². The van der Waals surface area contributed by atoms with Gasteiger partial charge in [-0.1, -0.05) is 0 Å². The van der Waals surface area contributed by atoms with Crippen molar-refractivity contribution in [3.63, 3.8) is 0 Å². The molecule has 1 fully saturated rings. The molecule has 5 N–H and O–H groups in total. The molecule has 1 rings (SSSR count). The van der Waals surface area contributed by atoms with Crippen LogP contribution >= 0.6 is 0 Å². The van der Waals surface area contributed by atoms with Crippen LogP contribution in [0.1, 0.15) is 6.42 Å². The van der Waals surface area contributed by atoms with E-state index in [1.165, 1.54) is 0 Å². The van der Waals surface area contributed by atoms with Crippen LogP contribution in [0.5, 0.6) is 0 Å². The predicted octanol–water partition coefficient (Wildman–Crippen LogP) is -2.58. The van der Waals surface area contributed by atoms with Gasteiger partial charge in [0.25, 0.3) is 0 Å². The first-order chi connectivity index (χ1) is 5.70. The summed E-state index contributed by atoms with van der Waals surface area (Å²) in [5, 5.41) is 38.8. The van der Waals surface area contributed by atoms with Crippen molar-refractivity contribution in [3.8, 4) is 0 Å². The SMILES string of the molecule is OCC[C@H]1N[C@@H](CO)[C@H](O)C1O. The van der Waals surface area contributed by atoms with E-state index in [1.807, 2.05) is 0 Å². The molecule has 0 amide bonds. The topological polar surface area (TPSA) is 93.0 Å². The minimum Gasteiger partial charge on any atom is -0.396 e. The minimum absolute atomic E-state index is 0.0421. The van der Waals surface area contributed by atoms with E-state index in [-0.39, 0.29) is 19.3 Å². The molecule has 0 aromatic rings. The predicted molar refractivity (Wildman–Crippen MR) is 41.5 cm³/mol. The molecule has 4 atom stereocenters. The van der Waals surface area contributed by atoms with Gasteiger partial charge in [-0.15, -0.1) is 0 Å². The molecule has 0 spiro atoms. The molecule has 12 heavy (non-hydrogen) atoms. The lowest BCUT2D eigenvalue weighted by Crippen LogP contribution is -2.36. The lowest BCUT2D eigenvalue weighted by Gasteiger charge is -2.13. The molecule has 0 aromatic heterocycles. The van der Waals surface area contributed by atoms with Crippen molar-refractivity contribution in [1.29, 1.82) is 0 Å². The molecule has 0 aromatic carbocycles. The van der Waals surface area contributed by atoms with Crippen LogP contribution in [0.25, 0.3) is 0 Å². The molecule has 0 aliphatic carbocycles. The largest absolute Gasteiger partial charge is 0.396 e. The zero-order chi connectivity index (χ0) is 9.14. The summed E-state index contributed by atoms with van der Waals surface area (Å²) in [5.74, 6) is 0. The van der Waals surface area contributed by atoms with Crippen molar-refractivity contribution in [3.05, 3.63) is 0 Å². The molecule has 1 aliphatic heterocycles. The fourth-order valence-electron chi connectivity index (χ4n) is 1.50. The molecule has 0 radical (unpaired) electrons. The summed E-state index contributed by atoms with van der Waals surface area (Å²) < 4.78 is 0. The van der Waals surface area contributed by atoms with Gasteiger partial charge in [0.2, 0.25) is 0 Å². The van der Waals surface area contributed by atoms with E-state index in [1.54, 1.807) is 0 Å². The zero-order valence-corrected chi connectivity index (χ0v) is 6.72. The maximum Gasteiger partial charge on any atom is 0.0989 e. The average Bonchev–Trinajstić information content (AvgIpc) is 2.33. The Hall–Kier alpha value is -0.200. The Balaban J connectivity index is 2.48. The first-order valence-electron chi connectivity index (χ1n) is 4.04. The first kappa shape index (κ1) is 9.88. The number of nitrogens with one attached hydrogen (secondary N) is 1. The van der Waals surface area contributed by atoms with Crippen LogP contribution in [-0.2, 0) is 0 Å². The zero-order valence-electron chi connectivity index (χ0n) is 6.72. The Morgan fingerprint density at radius 2 is 1.58 bits per heavy atom. The van der Waals surface area contributed by atoms with Crippen molar-refractivity contribution < 1.29 is 20.4 Å². The van der Waals surface area contributed by atoms with Gasteiger partial charge in [0.05, 0.1) is 24.9 Å². The number of hydrogen-bond acceptors (Lipinski definition) is 5. The van der Waals surface area contributed by atoms with E-state index in [2.05, 4.69) is 5.32 Å². The fraction of sp³-hybridized carbons (Fsp3) is 1.00. The quantitative estimate of drug-likeness (QED) is 0.326. The second-order valence-corrected chi connectivity index (χ2v) is 3.06. The summed E-state index contributed by atoms with van der Waals surface area (Å²) in [4.78, 5) is 0. The Labute approximate surface area is 70.6 Å². The van der Waals surface area contributed by atoms with Crippen LogP contribution in [-0.4, -0.2) is 57.9 Å². The van der Waals surface area contributed by atoms with Gasteiger partial charge in [-0.2, -0.15) is 0 Å². The summed E-state index contributed by atoms with van der Waals surface area (Å²) in [5.41, 5.74) is 0. The lowest BCUT2D eigenvalue weighted by atomic mass is 10.1. The molecule has 1 aliphatic rings. The van der Waals surface area contributed by atoms with Gasteiger partial charge in [0.15, 0.2) is 0 Å². The highest BCUT2D eigenvalue weighted by Crippen LogP contribution is 2.16. The van der Waals surface area contributed by atoms with E-state index in [4.69, 9.17) is 10.2 Å². The minimum atomic E-state index is -0.938. The van der Waals surface area contributed by atoms with Gasteiger partial charge in [0.1, 0.15) is 0 Å². The monoisotopic (exact) mass is 177 g/mol. The number of hydrogen-bond donors (Lipinski definition) is 5. The van der Waals surface area contributed by atoms with Crippen molar-refractivity contribution in [2.24, 2.45) is 0 Å². The van der Waals surface area contributed by atoms with E-state index < -0.39 is 18.2 Å². The Morgan fingerprint density at radius 1 is 1.00 bits per heavy atom. The Kier molecular flexibility index (Phi) is 3.42. The van der Waals surface area contributed by atoms with E-state index >= 15 is 0 Å².